The van der Waals surface area contributed by atoms with Crippen molar-refractivity contribution in [2.75, 3.05) is 18.0 Å². The van der Waals surface area contributed by atoms with Gasteiger partial charge in [0.25, 0.3) is 0 Å². The topological polar surface area (TPSA) is 76.3 Å². The molecule has 0 aliphatic carbocycles. The molecule has 3 aromatic rings. The zero-order valence-electron chi connectivity index (χ0n) is 18.5. The number of hydrogen-bond donors (Lipinski definition) is 0. The van der Waals surface area contributed by atoms with Crippen LogP contribution in [0.1, 0.15) is 32.3 Å². The Hall–Kier alpha value is -2.95. The molecule has 0 spiro atoms. The molecular formula is C23H23F4N3O3S. The fourth-order valence-electron chi connectivity index (χ4n) is 4.18. The molecule has 1 fully saturated rings. The van der Waals surface area contributed by atoms with E-state index in [2.05, 4.69) is 10.2 Å². The second kappa shape index (κ2) is 8.68. The summed E-state index contributed by atoms with van der Waals surface area (Å²) in [6.45, 7) is 4.00. The average molecular weight is 498 g/mol. The third kappa shape index (κ3) is 4.53. The van der Waals surface area contributed by atoms with E-state index >= 15 is 0 Å². The smallest absolute Gasteiger partial charge is 0.403 e. The zero-order valence-corrected chi connectivity index (χ0v) is 19.3. The van der Waals surface area contributed by atoms with Gasteiger partial charge >= 0.3 is 12.2 Å². The van der Waals surface area contributed by atoms with E-state index in [4.69, 9.17) is 4.42 Å². The first-order valence-electron chi connectivity index (χ1n) is 10.7. The van der Waals surface area contributed by atoms with Gasteiger partial charge in [-0.25, -0.2) is 12.8 Å². The summed E-state index contributed by atoms with van der Waals surface area (Å²) in [4.78, 5) is 1.50. The van der Waals surface area contributed by atoms with Crippen molar-refractivity contribution < 1.29 is 30.4 Å². The highest BCUT2D eigenvalue weighted by atomic mass is 32.2. The van der Waals surface area contributed by atoms with Gasteiger partial charge in [0.1, 0.15) is 5.82 Å². The highest BCUT2D eigenvalue weighted by Crippen LogP contribution is 2.40. The first-order chi connectivity index (χ1) is 15.9. The van der Waals surface area contributed by atoms with Gasteiger partial charge in [-0.1, -0.05) is 11.2 Å². The van der Waals surface area contributed by atoms with Gasteiger partial charge in [-0.3, -0.25) is 0 Å². The molecule has 6 nitrogen and oxygen atoms in total. The Morgan fingerprint density at radius 2 is 1.65 bits per heavy atom. The normalized spacial score (nSPS) is 16.1. The monoisotopic (exact) mass is 497 g/mol. The number of nitrogens with zero attached hydrogens (tertiary/aromatic N) is 3. The number of benzene rings is 2. The first-order valence-corrected chi connectivity index (χ1v) is 12.1. The Labute approximate surface area is 194 Å². The summed E-state index contributed by atoms with van der Waals surface area (Å²) in [7, 11) is -4.04. The summed E-state index contributed by atoms with van der Waals surface area (Å²) in [6, 6.07) is 9.78. The van der Waals surface area contributed by atoms with Crippen LogP contribution in [-0.4, -0.2) is 36.5 Å². The van der Waals surface area contributed by atoms with Gasteiger partial charge in [0.15, 0.2) is 9.84 Å². The van der Waals surface area contributed by atoms with Crippen LogP contribution in [0.4, 0.5) is 23.6 Å². The fraction of sp³-hybridized carbons (Fsp3) is 0.391. The third-order valence-corrected chi connectivity index (χ3v) is 9.01. The molecule has 1 saturated heterocycles. The lowest BCUT2D eigenvalue weighted by molar-refractivity contribution is -0.137. The summed E-state index contributed by atoms with van der Waals surface area (Å²) in [5.41, 5.74) is -0.420. The summed E-state index contributed by atoms with van der Waals surface area (Å²) < 4.78 is 83.5. The van der Waals surface area contributed by atoms with Crippen LogP contribution >= 0.6 is 0 Å². The number of sulfone groups is 1. The molecule has 0 bridgehead atoms. The summed E-state index contributed by atoms with van der Waals surface area (Å²) in [6.07, 6.45) is -3.68. The Bertz CT molecular complexity index is 1260. The van der Waals surface area contributed by atoms with Crippen LogP contribution in [0.2, 0.25) is 0 Å². The summed E-state index contributed by atoms with van der Waals surface area (Å²) in [5.74, 6) is -0.430. The van der Waals surface area contributed by atoms with Gasteiger partial charge in [-0.05, 0) is 75.1 Å². The van der Waals surface area contributed by atoms with Crippen LogP contribution in [0, 0.1) is 11.7 Å². The van der Waals surface area contributed by atoms with E-state index in [9.17, 15) is 26.0 Å². The van der Waals surface area contributed by atoms with Crippen LogP contribution in [0.15, 0.2) is 57.8 Å². The van der Waals surface area contributed by atoms with Crippen LogP contribution in [0.3, 0.4) is 0 Å². The molecule has 0 radical (unpaired) electrons. The Morgan fingerprint density at radius 1 is 1.00 bits per heavy atom. The molecule has 2 aromatic carbocycles. The SMILES string of the molecule is CC(C)(C1CCN(c2nnc(-c3ccc(F)cc3)o2)CC1)S(=O)(=O)c1cccc(C(F)(F)F)c1. The number of anilines is 1. The molecule has 4 rings (SSSR count). The molecule has 34 heavy (non-hydrogen) atoms. The second-order valence-corrected chi connectivity index (χ2v) is 11.3. The molecular weight excluding hydrogens is 474 g/mol. The number of halogens is 4. The number of aromatic nitrogens is 2. The van der Waals surface area contributed by atoms with E-state index in [1.807, 2.05) is 4.90 Å². The number of hydrogen-bond acceptors (Lipinski definition) is 6. The van der Waals surface area contributed by atoms with E-state index in [0.717, 1.165) is 12.1 Å². The van der Waals surface area contributed by atoms with Gasteiger partial charge in [-0.15, -0.1) is 5.10 Å². The second-order valence-electron chi connectivity index (χ2n) is 8.79. The van der Waals surface area contributed by atoms with Gasteiger partial charge in [-0.2, -0.15) is 13.2 Å². The fourth-order valence-corrected chi connectivity index (χ4v) is 6.00. The standard InChI is InChI=1S/C23H23F4N3O3S/c1-22(2,34(31,32)19-5-3-4-17(14-19)23(25,26)27)16-10-12-30(13-11-16)21-29-28-20(33-21)15-6-8-18(24)9-7-15/h3-9,14,16H,10-13H2,1-2H3. The minimum atomic E-state index is -4.63. The molecule has 0 amide bonds. The maximum atomic E-state index is 13.3. The molecule has 0 atom stereocenters. The molecule has 1 aliphatic rings. The van der Waals surface area contributed by atoms with Crippen LogP contribution in [0.5, 0.6) is 0 Å². The highest BCUT2D eigenvalue weighted by molar-refractivity contribution is 7.92. The van der Waals surface area contributed by atoms with Crippen molar-refractivity contribution in [3.05, 3.63) is 59.9 Å². The number of piperidine rings is 1. The molecule has 1 aliphatic heterocycles. The number of rotatable bonds is 5. The van der Waals surface area contributed by atoms with E-state index in [0.29, 0.717) is 37.6 Å². The molecule has 11 heteroatoms. The van der Waals surface area contributed by atoms with Crippen molar-refractivity contribution in [2.45, 2.75) is 42.5 Å². The molecule has 2 heterocycles. The van der Waals surface area contributed by atoms with Gasteiger partial charge in [0.05, 0.1) is 15.2 Å². The average Bonchev–Trinajstić information content (AvgIpc) is 3.29. The molecule has 0 saturated carbocycles. The lowest BCUT2D eigenvalue weighted by Crippen LogP contribution is -2.46. The molecule has 0 unspecified atom stereocenters. The van der Waals surface area contributed by atoms with Crippen LogP contribution in [0.25, 0.3) is 11.5 Å². The van der Waals surface area contributed by atoms with Crippen molar-refractivity contribution in [3.8, 4) is 11.5 Å². The van der Waals surface area contributed by atoms with Crippen molar-refractivity contribution >= 4 is 15.9 Å². The van der Waals surface area contributed by atoms with Crippen LogP contribution in [-0.2, 0) is 16.0 Å². The maximum Gasteiger partial charge on any atom is 0.416 e. The number of alkyl halides is 3. The largest absolute Gasteiger partial charge is 0.416 e. The van der Waals surface area contributed by atoms with E-state index < -0.39 is 26.3 Å². The van der Waals surface area contributed by atoms with E-state index in [1.54, 1.807) is 13.8 Å². The highest BCUT2D eigenvalue weighted by Gasteiger charge is 2.45. The van der Waals surface area contributed by atoms with Gasteiger partial charge < -0.3 is 9.32 Å². The Kier molecular flexibility index (Phi) is 6.17. The van der Waals surface area contributed by atoms with Crippen molar-refractivity contribution in [1.29, 1.82) is 0 Å². The van der Waals surface area contributed by atoms with Crippen molar-refractivity contribution in [2.24, 2.45) is 5.92 Å². The van der Waals surface area contributed by atoms with Gasteiger partial charge in [0, 0.05) is 18.7 Å². The predicted octanol–water partition coefficient (Wildman–Crippen LogP) is 5.36. The van der Waals surface area contributed by atoms with Crippen LogP contribution < -0.4 is 4.90 Å². The molecule has 0 N–H and O–H groups in total. The Morgan fingerprint density at radius 3 is 2.26 bits per heavy atom. The van der Waals surface area contributed by atoms with Crippen molar-refractivity contribution in [1.82, 2.24) is 10.2 Å². The van der Waals surface area contributed by atoms with E-state index in [-0.39, 0.29) is 28.5 Å². The molecule has 182 valence electrons. The Balaban J connectivity index is 1.48. The van der Waals surface area contributed by atoms with Crippen molar-refractivity contribution in [3.63, 3.8) is 0 Å². The quantitative estimate of drug-likeness (QED) is 0.442. The maximum absolute atomic E-state index is 13.3. The summed E-state index contributed by atoms with van der Waals surface area (Å²) in [5, 5.41) is 8.04. The first kappa shape index (κ1) is 24.2. The van der Waals surface area contributed by atoms with E-state index in [1.165, 1.54) is 30.3 Å². The zero-order chi connectivity index (χ0) is 24.7. The van der Waals surface area contributed by atoms with Gasteiger partial charge in [0.2, 0.25) is 5.89 Å². The minimum Gasteiger partial charge on any atom is -0.403 e. The lowest BCUT2D eigenvalue weighted by Gasteiger charge is -2.39. The minimum absolute atomic E-state index is 0.240. The lowest BCUT2D eigenvalue weighted by atomic mass is 9.86. The predicted molar refractivity (Wildman–Crippen MR) is 117 cm³/mol. The summed E-state index contributed by atoms with van der Waals surface area (Å²) >= 11 is 0. The molecule has 1 aromatic heterocycles. The third-order valence-electron chi connectivity index (χ3n) is 6.42.